The van der Waals surface area contributed by atoms with E-state index < -0.39 is 0 Å². The molecule has 0 bridgehead atoms. The van der Waals surface area contributed by atoms with Crippen LogP contribution in [0.3, 0.4) is 0 Å². The average molecular weight is 190 g/mol. The second kappa shape index (κ2) is 5.32. The predicted molar refractivity (Wildman–Crippen MR) is 55.4 cm³/mol. The molecule has 0 aliphatic heterocycles. The summed E-state index contributed by atoms with van der Waals surface area (Å²) in [4.78, 5) is 21.4. The Hall–Kier alpha value is -1.44. The monoisotopic (exact) mass is 190 g/mol. The molecular weight excluding hydrogens is 176 g/mol. The molecule has 0 radical (unpaired) electrons. The average Bonchev–Trinajstić information content (AvgIpc) is 2.20. The Balaban J connectivity index is 2.72. The van der Waals surface area contributed by atoms with Crippen molar-refractivity contribution in [1.82, 2.24) is 0 Å². The fourth-order valence-electron chi connectivity index (χ4n) is 1.34. The molecule has 0 heterocycles. The van der Waals surface area contributed by atoms with Gasteiger partial charge in [0.2, 0.25) is 0 Å². The van der Waals surface area contributed by atoms with Crippen molar-refractivity contribution in [3.63, 3.8) is 0 Å². The lowest BCUT2D eigenvalue weighted by molar-refractivity contribution is -0.107. The topological polar surface area (TPSA) is 34.1 Å². The molecule has 2 nitrogen and oxygen atoms in total. The van der Waals surface area contributed by atoms with Crippen molar-refractivity contribution in [3.8, 4) is 0 Å². The number of carbonyl (C=O) groups excluding carboxylic acids is 2. The first-order chi connectivity index (χ1) is 6.77. The zero-order valence-electron chi connectivity index (χ0n) is 8.32. The van der Waals surface area contributed by atoms with Crippen molar-refractivity contribution in [2.24, 2.45) is 0 Å². The van der Waals surface area contributed by atoms with Gasteiger partial charge in [-0.1, -0.05) is 37.6 Å². The van der Waals surface area contributed by atoms with Gasteiger partial charge >= 0.3 is 0 Å². The molecule has 0 saturated heterocycles. The summed E-state index contributed by atoms with van der Waals surface area (Å²) in [6.45, 7) is 2.12. The third kappa shape index (κ3) is 2.80. The molecule has 0 aliphatic carbocycles. The maximum Gasteiger partial charge on any atom is 0.169 e. The van der Waals surface area contributed by atoms with E-state index in [0.29, 0.717) is 11.8 Å². The molecule has 0 amide bonds. The number of rotatable bonds is 5. The van der Waals surface area contributed by atoms with Gasteiger partial charge < -0.3 is 4.79 Å². The quantitative estimate of drug-likeness (QED) is 0.406. The summed E-state index contributed by atoms with van der Waals surface area (Å²) >= 11 is 0. The molecule has 2 heteroatoms. The van der Waals surface area contributed by atoms with Crippen molar-refractivity contribution in [1.29, 1.82) is 0 Å². The number of benzene rings is 1. The number of carbonyl (C=O) groups is 2. The predicted octanol–water partition coefficient (Wildman–Crippen LogP) is 2.41. The van der Waals surface area contributed by atoms with Crippen molar-refractivity contribution < 1.29 is 9.59 Å². The molecule has 1 rings (SSSR count). The lowest BCUT2D eigenvalue weighted by Gasteiger charge is -2.00. The lowest BCUT2D eigenvalue weighted by atomic mass is 10.0. The van der Waals surface area contributed by atoms with Gasteiger partial charge in [-0.05, 0) is 12.0 Å². The fourth-order valence-corrected chi connectivity index (χ4v) is 1.34. The summed E-state index contributed by atoms with van der Waals surface area (Å²) in [5, 5.41) is 0. The molecule has 0 aliphatic rings. The van der Waals surface area contributed by atoms with E-state index in [1.54, 1.807) is 12.1 Å². The highest BCUT2D eigenvalue weighted by molar-refractivity contribution is 6.02. The smallest absolute Gasteiger partial charge is 0.169 e. The Morgan fingerprint density at radius 1 is 1.29 bits per heavy atom. The van der Waals surface area contributed by atoms with Gasteiger partial charge in [0.15, 0.2) is 5.78 Å². The summed E-state index contributed by atoms with van der Waals surface area (Å²) in [6.07, 6.45) is 2.75. The Morgan fingerprint density at radius 2 is 1.93 bits per heavy atom. The highest BCUT2D eigenvalue weighted by atomic mass is 16.1. The van der Waals surface area contributed by atoms with Crippen molar-refractivity contribution in [3.05, 3.63) is 35.4 Å². The first kappa shape index (κ1) is 10.6. The van der Waals surface area contributed by atoms with Crippen LogP contribution in [-0.4, -0.2) is 12.1 Å². The second-order valence-corrected chi connectivity index (χ2v) is 3.24. The normalized spacial score (nSPS) is 9.79. The van der Waals surface area contributed by atoms with Crippen LogP contribution in [0.5, 0.6) is 0 Å². The molecule has 0 atom stereocenters. The van der Waals surface area contributed by atoms with E-state index in [4.69, 9.17) is 0 Å². The summed E-state index contributed by atoms with van der Waals surface area (Å²) in [5.74, 6) is -0.108. The third-order valence-corrected chi connectivity index (χ3v) is 2.08. The Labute approximate surface area is 83.9 Å². The maximum absolute atomic E-state index is 11.3. The van der Waals surface area contributed by atoms with Crippen LogP contribution < -0.4 is 0 Å². The molecule has 0 fully saturated rings. The summed E-state index contributed by atoms with van der Waals surface area (Å²) in [5.41, 5.74) is 1.85. The molecule has 1 aromatic rings. The molecule has 1 aromatic carbocycles. The standard InChI is InChI=1S/C12H14O2/c1-2-3-10-4-6-11(7-5-10)12(14)8-9-13/h4-7,9H,2-3,8H2,1H3. The Bertz CT molecular complexity index is 312. The van der Waals surface area contributed by atoms with Crippen molar-refractivity contribution in [2.75, 3.05) is 0 Å². The molecule has 0 unspecified atom stereocenters. The van der Waals surface area contributed by atoms with E-state index in [2.05, 4.69) is 6.92 Å². The first-order valence-corrected chi connectivity index (χ1v) is 4.83. The maximum atomic E-state index is 11.3. The zero-order chi connectivity index (χ0) is 10.4. The SMILES string of the molecule is CCCc1ccc(C(=O)CC=O)cc1. The van der Waals surface area contributed by atoms with Gasteiger partial charge in [-0.15, -0.1) is 0 Å². The molecule has 0 aromatic heterocycles. The van der Waals surface area contributed by atoms with E-state index in [9.17, 15) is 9.59 Å². The summed E-state index contributed by atoms with van der Waals surface area (Å²) in [7, 11) is 0. The van der Waals surface area contributed by atoms with Gasteiger partial charge in [0.05, 0.1) is 6.42 Å². The number of Topliss-reactive ketones (excluding diaryl/α,β-unsaturated/α-hetero) is 1. The van der Waals surface area contributed by atoms with E-state index in [-0.39, 0.29) is 12.2 Å². The van der Waals surface area contributed by atoms with Crippen LogP contribution in [0.1, 0.15) is 35.7 Å². The molecular formula is C12H14O2. The lowest BCUT2D eigenvalue weighted by Crippen LogP contribution is -1.99. The second-order valence-electron chi connectivity index (χ2n) is 3.24. The highest BCUT2D eigenvalue weighted by Crippen LogP contribution is 2.08. The number of hydrogen-bond donors (Lipinski definition) is 0. The van der Waals surface area contributed by atoms with Gasteiger partial charge in [-0.3, -0.25) is 4.79 Å². The van der Waals surface area contributed by atoms with Gasteiger partial charge in [0.1, 0.15) is 6.29 Å². The molecule has 14 heavy (non-hydrogen) atoms. The zero-order valence-corrected chi connectivity index (χ0v) is 8.32. The van der Waals surface area contributed by atoms with Crippen molar-refractivity contribution in [2.45, 2.75) is 26.2 Å². The molecule has 74 valence electrons. The van der Waals surface area contributed by atoms with Gasteiger partial charge in [0, 0.05) is 5.56 Å². The molecule has 0 spiro atoms. The molecule has 0 N–H and O–H groups in total. The van der Waals surface area contributed by atoms with Crippen LogP contribution in [-0.2, 0) is 11.2 Å². The van der Waals surface area contributed by atoms with Gasteiger partial charge in [-0.25, -0.2) is 0 Å². The highest BCUT2D eigenvalue weighted by Gasteiger charge is 2.03. The fraction of sp³-hybridized carbons (Fsp3) is 0.333. The van der Waals surface area contributed by atoms with Crippen LogP contribution in [0.25, 0.3) is 0 Å². The number of hydrogen-bond acceptors (Lipinski definition) is 2. The third-order valence-electron chi connectivity index (χ3n) is 2.08. The minimum atomic E-state index is -0.108. The van der Waals surface area contributed by atoms with E-state index >= 15 is 0 Å². The Kier molecular flexibility index (Phi) is 4.05. The largest absolute Gasteiger partial charge is 0.303 e. The van der Waals surface area contributed by atoms with E-state index in [1.807, 2.05) is 12.1 Å². The first-order valence-electron chi connectivity index (χ1n) is 4.83. The number of ketones is 1. The minimum absolute atomic E-state index is 0.0207. The number of aldehydes is 1. The summed E-state index contributed by atoms with van der Waals surface area (Å²) in [6, 6.07) is 7.47. The Morgan fingerprint density at radius 3 is 2.43 bits per heavy atom. The van der Waals surface area contributed by atoms with Crippen LogP contribution >= 0.6 is 0 Å². The van der Waals surface area contributed by atoms with Gasteiger partial charge in [-0.2, -0.15) is 0 Å². The van der Waals surface area contributed by atoms with Crippen LogP contribution in [0.2, 0.25) is 0 Å². The van der Waals surface area contributed by atoms with Crippen LogP contribution in [0, 0.1) is 0 Å². The van der Waals surface area contributed by atoms with Crippen LogP contribution in [0.4, 0.5) is 0 Å². The minimum Gasteiger partial charge on any atom is -0.303 e. The van der Waals surface area contributed by atoms with Gasteiger partial charge in [0.25, 0.3) is 0 Å². The summed E-state index contributed by atoms with van der Waals surface area (Å²) < 4.78 is 0. The van der Waals surface area contributed by atoms with E-state index in [0.717, 1.165) is 12.8 Å². The number of aryl methyl sites for hydroxylation is 1. The molecule has 0 saturated carbocycles. The van der Waals surface area contributed by atoms with Crippen molar-refractivity contribution >= 4 is 12.1 Å². The van der Waals surface area contributed by atoms with E-state index in [1.165, 1.54) is 5.56 Å². The van der Waals surface area contributed by atoms with Crippen LogP contribution in [0.15, 0.2) is 24.3 Å².